The molecule has 7 rings (SSSR count). The maximum Gasteiger partial charge on any atom is 0.285 e. The molecule has 0 unspecified atom stereocenters. The van der Waals surface area contributed by atoms with Gasteiger partial charge in [0.2, 0.25) is 0 Å². The van der Waals surface area contributed by atoms with E-state index >= 15 is 0 Å². The highest BCUT2D eigenvalue weighted by molar-refractivity contribution is 8.08. The van der Waals surface area contributed by atoms with Gasteiger partial charge in [-0.25, -0.2) is 0 Å². The van der Waals surface area contributed by atoms with Crippen molar-refractivity contribution in [2.24, 2.45) is 5.10 Å². The van der Waals surface area contributed by atoms with Gasteiger partial charge < -0.3 is 10.2 Å². The lowest BCUT2D eigenvalue weighted by Gasteiger charge is -2.12. The number of benzene rings is 4. The van der Waals surface area contributed by atoms with Gasteiger partial charge in [-0.2, -0.15) is 5.01 Å². The SMILES string of the molecule is CN1C(=c2sc(=C3C(=O)N(c4ccccc4)N=C3Nc3ccccc3)n(-c3ccccc3)c2=O)Sc2ccc(Cl)cc21. The van der Waals surface area contributed by atoms with Crippen molar-refractivity contribution in [2.45, 2.75) is 4.90 Å². The Balaban J connectivity index is 1.52. The van der Waals surface area contributed by atoms with E-state index < -0.39 is 0 Å². The zero-order valence-corrected chi connectivity index (χ0v) is 24.6. The van der Waals surface area contributed by atoms with Crippen LogP contribution in [0.25, 0.3) is 16.3 Å². The number of carbonyl (C=O) groups excluding carboxylic acids is 1. The zero-order valence-electron chi connectivity index (χ0n) is 22.2. The number of aromatic nitrogens is 1. The Labute approximate surface area is 254 Å². The minimum absolute atomic E-state index is 0.216. The van der Waals surface area contributed by atoms with E-state index in [1.54, 1.807) is 4.57 Å². The number of nitrogens with one attached hydrogen (secondary N) is 1. The molecule has 0 fully saturated rings. The van der Waals surface area contributed by atoms with Crippen LogP contribution in [0, 0.1) is 0 Å². The number of thioether (sulfide) groups is 1. The number of carbonyl (C=O) groups is 1. The van der Waals surface area contributed by atoms with Gasteiger partial charge in [0.1, 0.15) is 19.8 Å². The average Bonchev–Trinajstić information content (AvgIpc) is 3.64. The Morgan fingerprint density at radius 2 is 1.45 bits per heavy atom. The fourth-order valence-electron chi connectivity index (χ4n) is 4.89. The molecule has 0 aliphatic carbocycles. The fraction of sp³-hybridized carbons (Fsp3) is 0.0312. The maximum atomic E-state index is 14.3. The van der Waals surface area contributed by atoms with E-state index in [1.807, 2.05) is 121 Å². The van der Waals surface area contributed by atoms with Crippen LogP contribution >= 0.6 is 34.7 Å². The van der Waals surface area contributed by atoms with Crippen LogP contribution in [0.5, 0.6) is 0 Å². The molecule has 1 N–H and O–H groups in total. The van der Waals surface area contributed by atoms with E-state index in [-0.39, 0.29) is 11.5 Å². The van der Waals surface area contributed by atoms with Crippen molar-refractivity contribution in [1.29, 1.82) is 0 Å². The number of nitrogens with zero attached hydrogens (tertiary/aromatic N) is 4. The Hall–Kier alpha value is -4.57. The first-order chi connectivity index (χ1) is 20.5. The van der Waals surface area contributed by atoms with E-state index in [4.69, 9.17) is 16.7 Å². The van der Waals surface area contributed by atoms with Crippen molar-refractivity contribution in [3.05, 3.63) is 134 Å². The van der Waals surface area contributed by atoms with Crippen LogP contribution < -0.4 is 30.0 Å². The van der Waals surface area contributed by atoms with Gasteiger partial charge in [0.15, 0.2) is 5.84 Å². The van der Waals surface area contributed by atoms with Gasteiger partial charge in [0.25, 0.3) is 11.5 Å². The van der Waals surface area contributed by atoms with Gasteiger partial charge >= 0.3 is 0 Å². The van der Waals surface area contributed by atoms with E-state index in [2.05, 4.69) is 5.32 Å². The smallest absolute Gasteiger partial charge is 0.285 e. The normalized spacial score (nSPS) is 17.0. The Morgan fingerprint density at radius 1 is 0.810 bits per heavy atom. The lowest BCUT2D eigenvalue weighted by Crippen LogP contribution is -2.35. The molecule has 1 aromatic heterocycles. The summed E-state index contributed by atoms with van der Waals surface area (Å²) in [6.07, 6.45) is 0. The highest BCUT2D eigenvalue weighted by atomic mass is 35.5. The molecular weight excluding hydrogens is 586 g/mol. The molecule has 5 aromatic rings. The minimum Gasteiger partial charge on any atom is -0.338 e. The predicted molar refractivity (Wildman–Crippen MR) is 173 cm³/mol. The molecule has 0 saturated heterocycles. The van der Waals surface area contributed by atoms with Crippen molar-refractivity contribution in [1.82, 2.24) is 4.57 Å². The number of halogens is 1. The molecule has 7 nitrogen and oxygen atoms in total. The minimum atomic E-state index is -0.329. The molecule has 0 radical (unpaired) electrons. The second kappa shape index (κ2) is 10.7. The number of amides is 1. The highest BCUT2D eigenvalue weighted by Crippen LogP contribution is 2.46. The number of hydrogen-bond donors (Lipinski definition) is 1. The van der Waals surface area contributed by atoms with E-state index in [9.17, 15) is 9.59 Å². The molecule has 0 spiro atoms. The molecule has 0 saturated carbocycles. The van der Waals surface area contributed by atoms with Gasteiger partial charge in [-0.3, -0.25) is 14.2 Å². The van der Waals surface area contributed by atoms with Crippen LogP contribution in [0.4, 0.5) is 17.1 Å². The first-order valence-corrected chi connectivity index (χ1v) is 15.1. The number of hydrazone groups is 1. The summed E-state index contributed by atoms with van der Waals surface area (Å²) >= 11 is 9.09. The quantitative estimate of drug-likeness (QED) is 0.294. The zero-order chi connectivity index (χ0) is 28.8. The van der Waals surface area contributed by atoms with Gasteiger partial charge in [-0.1, -0.05) is 78.0 Å². The Bertz CT molecular complexity index is 2060. The number of thiazole rings is 1. The average molecular weight is 608 g/mol. The summed E-state index contributed by atoms with van der Waals surface area (Å²) in [5.41, 5.74) is 3.08. The van der Waals surface area contributed by atoms with E-state index in [0.29, 0.717) is 37.0 Å². The largest absolute Gasteiger partial charge is 0.338 e. The fourth-order valence-corrected chi connectivity index (χ4v) is 7.53. The topological polar surface area (TPSA) is 69.9 Å². The van der Waals surface area contributed by atoms with E-state index in [0.717, 1.165) is 21.3 Å². The van der Waals surface area contributed by atoms with Crippen LogP contribution in [0.2, 0.25) is 5.02 Å². The number of amidine groups is 1. The molecule has 3 heterocycles. The van der Waals surface area contributed by atoms with Crippen LogP contribution in [0.15, 0.2) is 124 Å². The summed E-state index contributed by atoms with van der Waals surface area (Å²) in [7, 11) is 1.92. The summed E-state index contributed by atoms with van der Waals surface area (Å²) in [4.78, 5) is 31.5. The lowest BCUT2D eigenvalue weighted by atomic mass is 10.2. The van der Waals surface area contributed by atoms with Crippen molar-refractivity contribution in [3.63, 3.8) is 0 Å². The first-order valence-electron chi connectivity index (χ1n) is 13.1. The number of anilines is 3. The van der Waals surface area contributed by atoms with Crippen molar-refractivity contribution >= 4 is 74.1 Å². The van der Waals surface area contributed by atoms with E-state index in [1.165, 1.54) is 28.1 Å². The van der Waals surface area contributed by atoms with Crippen LogP contribution in [-0.4, -0.2) is 23.4 Å². The third kappa shape index (κ3) is 4.52. The molecule has 206 valence electrons. The second-order valence-corrected chi connectivity index (χ2v) is 12.0. The molecular formula is C32H22ClN5O2S2. The third-order valence-corrected chi connectivity index (χ3v) is 9.65. The summed E-state index contributed by atoms with van der Waals surface area (Å²) in [6.45, 7) is 0. The molecule has 10 heteroatoms. The van der Waals surface area contributed by atoms with Crippen molar-refractivity contribution < 1.29 is 4.79 Å². The molecule has 2 aliphatic rings. The Kier molecular flexibility index (Phi) is 6.70. The molecule has 0 atom stereocenters. The van der Waals surface area contributed by atoms with Crippen molar-refractivity contribution in [3.8, 4) is 5.69 Å². The van der Waals surface area contributed by atoms with Gasteiger partial charge in [0.05, 0.1) is 17.1 Å². The first kappa shape index (κ1) is 26.3. The standard InChI is InChI=1S/C32H22ClN5O2S2/c1-36-24-19-20(33)17-18-25(24)41-32(36)27-30(40)37(22-13-7-3-8-14-22)31(42-27)26-28(34-21-11-5-2-6-12-21)35-38(29(26)39)23-15-9-4-10-16-23/h2-19H,1H3,(H,34,35). The van der Waals surface area contributed by atoms with Crippen LogP contribution in [0.3, 0.4) is 0 Å². The highest BCUT2D eigenvalue weighted by Gasteiger charge is 2.35. The summed E-state index contributed by atoms with van der Waals surface area (Å²) < 4.78 is 2.62. The number of para-hydroxylation sites is 3. The Morgan fingerprint density at radius 3 is 2.14 bits per heavy atom. The van der Waals surface area contributed by atoms with Gasteiger partial charge in [0, 0.05) is 22.7 Å². The van der Waals surface area contributed by atoms with Crippen LogP contribution in [-0.2, 0) is 4.79 Å². The predicted octanol–water partition coefficient (Wildman–Crippen LogP) is 5.48. The summed E-state index contributed by atoms with van der Waals surface area (Å²) in [5, 5.41) is 10.8. The molecule has 42 heavy (non-hydrogen) atoms. The molecule has 1 amide bonds. The maximum absolute atomic E-state index is 14.3. The third-order valence-electron chi connectivity index (χ3n) is 6.90. The molecule has 0 bridgehead atoms. The lowest BCUT2D eigenvalue weighted by molar-refractivity contribution is -0.112. The summed E-state index contributed by atoms with van der Waals surface area (Å²) in [6, 6.07) is 33.9. The van der Waals surface area contributed by atoms with Crippen molar-refractivity contribution in [2.75, 3.05) is 22.3 Å². The summed E-state index contributed by atoms with van der Waals surface area (Å²) in [5.74, 6) is 0.0321. The monoisotopic (exact) mass is 607 g/mol. The number of fused-ring (bicyclic) bond motifs is 1. The second-order valence-electron chi connectivity index (χ2n) is 9.56. The number of rotatable bonds is 3. The van der Waals surface area contributed by atoms with Crippen LogP contribution in [0.1, 0.15) is 0 Å². The molecule has 4 aromatic carbocycles. The number of hydrogen-bond acceptors (Lipinski definition) is 7. The van der Waals surface area contributed by atoms with Gasteiger partial charge in [-0.05, 0) is 54.6 Å². The molecule has 2 aliphatic heterocycles. The van der Waals surface area contributed by atoms with Gasteiger partial charge in [-0.15, -0.1) is 16.4 Å².